The zero-order chi connectivity index (χ0) is 15.9. The van der Waals surface area contributed by atoms with Gasteiger partial charge in [-0.05, 0) is 24.6 Å². The molecule has 0 aliphatic carbocycles. The second-order valence-corrected chi connectivity index (χ2v) is 5.41. The standard InChI is InChI=1S/C15H19ClN4O2/c1-11(15(22-2)12-3-5-13(16)6-4-12)19-14(21)7-8-20-10-17-9-18-20/h3-6,9-11,15H,7-8H2,1-2H3,(H,19,21). The van der Waals surface area contributed by atoms with Crippen molar-refractivity contribution in [3.8, 4) is 0 Å². The Hall–Kier alpha value is -1.92. The molecule has 2 rings (SSSR count). The fourth-order valence-corrected chi connectivity index (χ4v) is 2.37. The number of nitrogens with zero attached hydrogens (tertiary/aromatic N) is 3. The van der Waals surface area contributed by atoms with Crippen LogP contribution in [0.5, 0.6) is 0 Å². The summed E-state index contributed by atoms with van der Waals surface area (Å²) in [4.78, 5) is 15.8. The molecule has 22 heavy (non-hydrogen) atoms. The van der Waals surface area contributed by atoms with Gasteiger partial charge in [0.25, 0.3) is 0 Å². The molecule has 1 aromatic heterocycles. The average Bonchev–Trinajstić information content (AvgIpc) is 3.01. The van der Waals surface area contributed by atoms with Crippen LogP contribution in [-0.4, -0.2) is 33.8 Å². The minimum absolute atomic E-state index is 0.0565. The van der Waals surface area contributed by atoms with E-state index in [1.807, 2.05) is 31.2 Å². The number of aryl methyl sites for hydroxylation is 1. The van der Waals surface area contributed by atoms with Gasteiger partial charge in [0.05, 0.1) is 12.6 Å². The minimum atomic E-state index is -0.229. The van der Waals surface area contributed by atoms with Gasteiger partial charge >= 0.3 is 0 Å². The zero-order valence-electron chi connectivity index (χ0n) is 12.6. The van der Waals surface area contributed by atoms with Crippen LogP contribution in [0.3, 0.4) is 0 Å². The highest BCUT2D eigenvalue weighted by Gasteiger charge is 2.20. The molecule has 1 aromatic carbocycles. The molecule has 118 valence electrons. The molecule has 0 bridgehead atoms. The average molecular weight is 323 g/mol. The van der Waals surface area contributed by atoms with Crippen LogP contribution in [-0.2, 0) is 16.1 Å². The lowest BCUT2D eigenvalue weighted by molar-refractivity contribution is -0.123. The summed E-state index contributed by atoms with van der Waals surface area (Å²) in [6.45, 7) is 2.41. The first kappa shape index (κ1) is 16.5. The normalized spacial score (nSPS) is 13.6. The fourth-order valence-electron chi connectivity index (χ4n) is 2.25. The number of ether oxygens (including phenoxy) is 1. The van der Waals surface area contributed by atoms with E-state index in [1.54, 1.807) is 18.1 Å². The molecule has 0 radical (unpaired) electrons. The molecule has 2 aromatic rings. The van der Waals surface area contributed by atoms with E-state index in [0.29, 0.717) is 18.0 Å². The van der Waals surface area contributed by atoms with Gasteiger partial charge in [-0.2, -0.15) is 5.10 Å². The molecule has 0 fully saturated rings. The Balaban J connectivity index is 1.89. The van der Waals surface area contributed by atoms with Gasteiger partial charge in [-0.25, -0.2) is 4.98 Å². The van der Waals surface area contributed by atoms with E-state index < -0.39 is 0 Å². The molecule has 2 unspecified atom stereocenters. The number of hydrogen-bond donors (Lipinski definition) is 1. The summed E-state index contributed by atoms with van der Waals surface area (Å²) >= 11 is 5.89. The summed E-state index contributed by atoms with van der Waals surface area (Å²) < 4.78 is 7.13. The first-order valence-corrected chi connectivity index (χ1v) is 7.38. The van der Waals surface area contributed by atoms with Crippen LogP contribution in [0.15, 0.2) is 36.9 Å². The van der Waals surface area contributed by atoms with Crippen LogP contribution in [0.25, 0.3) is 0 Å². The quantitative estimate of drug-likeness (QED) is 0.848. The van der Waals surface area contributed by atoms with Crippen molar-refractivity contribution in [3.63, 3.8) is 0 Å². The van der Waals surface area contributed by atoms with E-state index in [4.69, 9.17) is 16.3 Å². The highest BCUT2D eigenvalue weighted by molar-refractivity contribution is 6.30. The number of carbonyl (C=O) groups excluding carboxylic acids is 1. The molecular formula is C15H19ClN4O2. The number of halogens is 1. The van der Waals surface area contributed by atoms with Gasteiger partial charge in [0, 0.05) is 18.6 Å². The monoisotopic (exact) mass is 322 g/mol. The van der Waals surface area contributed by atoms with Gasteiger partial charge in [-0.1, -0.05) is 23.7 Å². The molecule has 1 amide bonds. The number of aromatic nitrogens is 3. The van der Waals surface area contributed by atoms with E-state index in [2.05, 4.69) is 15.4 Å². The van der Waals surface area contributed by atoms with Gasteiger partial charge in [0.2, 0.25) is 5.91 Å². The van der Waals surface area contributed by atoms with Crippen molar-refractivity contribution < 1.29 is 9.53 Å². The maximum absolute atomic E-state index is 12.0. The summed E-state index contributed by atoms with van der Waals surface area (Å²) in [5.74, 6) is -0.0565. The molecule has 0 aliphatic heterocycles. The SMILES string of the molecule is COC(c1ccc(Cl)cc1)C(C)NC(=O)CCn1cncn1. The van der Waals surface area contributed by atoms with Crippen LogP contribution in [0.4, 0.5) is 0 Å². The summed E-state index contributed by atoms with van der Waals surface area (Å²) in [5.41, 5.74) is 0.968. The second kappa shape index (κ2) is 7.91. The number of methoxy groups -OCH3 is 1. The van der Waals surface area contributed by atoms with Crippen molar-refractivity contribution in [1.29, 1.82) is 0 Å². The van der Waals surface area contributed by atoms with E-state index in [1.165, 1.54) is 6.33 Å². The predicted molar refractivity (Wildman–Crippen MR) is 83.4 cm³/mol. The number of rotatable bonds is 7. The number of carbonyl (C=O) groups is 1. The van der Waals surface area contributed by atoms with Crippen LogP contribution < -0.4 is 5.32 Å². The van der Waals surface area contributed by atoms with Gasteiger partial charge < -0.3 is 10.1 Å². The second-order valence-electron chi connectivity index (χ2n) is 4.97. The van der Waals surface area contributed by atoms with Crippen LogP contribution in [0.2, 0.25) is 5.02 Å². The molecule has 1 N–H and O–H groups in total. The third-order valence-corrected chi connectivity index (χ3v) is 3.58. The van der Waals surface area contributed by atoms with Gasteiger partial charge in [0.15, 0.2) is 0 Å². The van der Waals surface area contributed by atoms with Crippen molar-refractivity contribution in [2.75, 3.05) is 7.11 Å². The van der Waals surface area contributed by atoms with E-state index in [0.717, 1.165) is 5.56 Å². The third kappa shape index (κ3) is 4.54. The lowest BCUT2D eigenvalue weighted by Gasteiger charge is -2.24. The molecule has 0 saturated carbocycles. The largest absolute Gasteiger partial charge is 0.375 e. The topological polar surface area (TPSA) is 69.0 Å². The molecule has 0 spiro atoms. The maximum atomic E-state index is 12.0. The van der Waals surface area contributed by atoms with Crippen LogP contribution >= 0.6 is 11.6 Å². The third-order valence-electron chi connectivity index (χ3n) is 3.33. The summed E-state index contributed by atoms with van der Waals surface area (Å²) in [6, 6.07) is 7.25. The van der Waals surface area contributed by atoms with Gasteiger partial charge in [-0.3, -0.25) is 9.48 Å². The number of amides is 1. The Kier molecular flexibility index (Phi) is 5.91. The molecule has 6 nitrogen and oxygen atoms in total. The Labute approximate surface area is 134 Å². The number of nitrogens with one attached hydrogen (secondary N) is 1. The first-order valence-electron chi connectivity index (χ1n) is 7.00. The van der Waals surface area contributed by atoms with E-state index >= 15 is 0 Å². The fraction of sp³-hybridized carbons (Fsp3) is 0.400. The van der Waals surface area contributed by atoms with Crippen molar-refractivity contribution in [2.24, 2.45) is 0 Å². The summed E-state index contributed by atoms with van der Waals surface area (Å²) in [5, 5.41) is 7.58. The molecule has 7 heteroatoms. The highest BCUT2D eigenvalue weighted by atomic mass is 35.5. The smallest absolute Gasteiger partial charge is 0.222 e. The van der Waals surface area contributed by atoms with Crippen LogP contribution in [0.1, 0.15) is 25.0 Å². The van der Waals surface area contributed by atoms with Crippen molar-refractivity contribution in [2.45, 2.75) is 32.0 Å². The first-order chi connectivity index (χ1) is 10.6. The van der Waals surface area contributed by atoms with Crippen LogP contribution in [0, 0.1) is 0 Å². The summed E-state index contributed by atoms with van der Waals surface area (Å²) in [7, 11) is 1.62. The van der Waals surface area contributed by atoms with Gasteiger partial charge in [0.1, 0.15) is 18.8 Å². The predicted octanol–water partition coefficient (Wildman–Crippen LogP) is 2.21. The molecule has 1 heterocycles. The molecule has 0 saturated heterocycles. The molecular weight excluding hydrogens is 304 g/mol. The van der Waals surface area contributed by atoms with Crippen molar-refractivity contribution >= 4 is 17.5 Å². The lowest BCUT2D eigenvalue weighted by Crippen LogP contribution is -2.38. The Morgan fingerprint density at radius 1 is 1.41 bits per heavy atom. The number of benzene rings is 1. The molecule has 2 atom stereocenters. The number of hydrogen-bond acceptors (Lipinski definition) is 4. The van der Waals surface area contributed by atoms with Crippen molar-refractivity contribution in [3.05, 3.63) is 47.5 Å². The van der Waals surface area contributed by atoms with E-state index in [-0.39, 0.29) is 18.1 Å². The Morgan fingerprint density at radius 3 is 2.73 bits per heavy atom. The Bertz CT molecular complexity index is 586. The minimum Gasteiger partial charge on any atom is -0.375 e. The Morgan fingerprint density at radius 2 is 2.14 bits per heavy atom. The summed E-state index contributed by atoms with van der Waals surface area (Å²) in [6.07, 6.45) is 3.14. The van der Waals surface area contributed by atoms with Crippen molar-refractivity contribution in [1.82, 2.24) is 20.1 Å². The zero-order valence-corrected chi connectivity index (χ0v) is 13.3. The van der Waals surface area contributed by atoms with E-state index in [9.17, 15) is 4.79 Å². The van der Waals surface area contributed by atoms with Gasteiger partial charge in [-0.15, -0.1) is 0 Å². The maximum Gasteiger partial charge on any atom is 0.222 e. The lowest BCUT2D eigenvalue weighted by atomic mass is 10.0. The molecule has 0 aliphatic rings. The highest BCUT2D eigenvalue weighted by Crippen LogP contribution is 2.22.